The lowest BCUT2D eigenvalue weighted by atomic mass is 9.66. The number of rotatable bonds is 5. The molecule has 0 heterocycles. The number of aryl methyl sites for hydroxylation is 1. The van der Waals surface area contributed by atoms with Crippen LogP contribution in [-0.4, -0.2) is 17.0 Å². The van der Waals surface area contributed by atoms with Crippen molar-refractivity contribution in [3.8, 4) is 0 Å². The smallest absolute Gasteiger partial charge is 0.308 e. The Kier molecular flexibility index (Phi) is 5.99. The molecule has 0 spiro atoms. The Morgan fingerprint density at radius 3 is 1.81 bits per heavy atom. The summed E-state index contributed by atoms with van der Waals surface area (Å²) in [5, 5.41) is 13.2. The highest BCUT2D eigenvalue weighted by Gasteiger charge is 2.46. The van der Waals surface area contributed by atoms with Crippen LogP contribution in [0.5, 0.6) is 0 Å². The lowest BCUT2D eigenvalue weighted by Crippen LogP contribution is -2.42. The first-order chi connectivity index (χ1) is 15.0. The summed E-state index contributed by atoms with van der Waals surface area (Å²) in [6, 6.07) is 26.7. The van der Waals surface area contributed by atoms with Crippen molar-refractivity contribution in [2.24, 2.45) is 11.8 Å². The second kappa shape index (κ2) is 9.00. The number of hydrogen-bond donors (Lipinski definition) is 2. The Bertz CT molecular complexity index is 1090. The molecule has 4 atom stereocenters. The van der Waals surface area contributed by atoms with Crippen LogP contribution in [0.25, 0.3) is 0 Å². The van der Waals surface area contributed by atoms with Gasteiger partial charge in [0.05, 0.1) is 11.8 Å². The van der Waals surface area contributed by atoms with Crippen molar-refractivity contribution in [1.29, 1.82) is 0 Å². The number of amides is 1. The standard InChI is InChI=1S/C27H25NO3/c1-18-9-8-14-21(17-18)28-26(29)24-22(19-10-4-2-5-11-19)15-16-23(25(24)27(30)31)20-12-6-3-7-13-20/h2-17,22-25H,1H3,(H,28,29)(H,30,31). The van der Waals surface area contributed by atoms with Gasteiger partial charge in [-0.3, -0.25) is 9.59 Å². The first kappa shape index (κ1) is 20.6. The molecule has 4 rings (SSSR count). The quantitative estimate of drug-likeness (QED) is 0.553. The Morgan fingerprint density at radius 2 is 1.29 bits per heavy atom. The molecule has 0 saturated carbocycles. The van der Waals surface area contributed by atoms with E-state index in [0.717, 1.165) is 16.7 Å². The number of carbonyl (C=O) groups is 2. The number of hydrogen-bond acceptors (Lipinski definition) is 2. The van der Waals surface area contributed by atoms with Crippen LogP contribution in [-0.2, 0) is 9.59 Å². The molecule has 4 nitrogen and oxygen atoms in total. The third kappa shape index (κ3) is 4.43. The van der Waals surface area contributed by atoms with Crippen LogP contribution < -0.4 is 5.32 Å². The molecule has 31 heavy (non-hydrogen) atoms. The Labute approximate surface area is 182 Å². The largest absolute Gasteiger partial charge is 0.481 e. The monoisotopic (exact) mass is 411 g/mol. The van der Waals surface area contributed by atoms with Gasteiger partial charge in [0, 0.05) is 17.5 Å². The highest BCUT2D eigenvalue weighted by molar-refractivity contribution is 5.96. The van der Waals surface area contributed by atoms with E-state index in [0.29, 0.717) is 5.69 Å². The summed E-state index contributed by atoms with van der Waals surface area (Å²) in [6.07, 6.45) is 3.94. The predicted molar refractivity (Wildman–Crippen MR) is 122 cm³/mol. The maximum Gasteiger partial charge on any atom is 0.308 e. The Balaban J connectivity index is 1.77. The number of allylic oxidation sites excluding steroid dienone is 2. The number of anilines is 1. The molecule has 0 saturated heterocycles. The van der Waals surface area contributed by atoms with Crippen molar-refractivity contribution in [3.05, 3.63) is 114 Å². The van der Waals surface area contributed by atoms with E-state index in [2.05, 4.69) is 5.32 Å². The molecule has 0 aromatic heterocycles. The number of carboxylic acid groups (broad SMARTS) is 1. The SMILES string of the molecule is Cc1cccc(NC(=O)C2C(c3ccccc3)C=CC(c3ccccc3)C2C(=O)O)c1. The number of carbonyl (C=O) groups excluding carboxylic acids is 1. The highest BCUT2D eigenvalue weighted by Crippen LogP contribution is 2.45. The molecule has 1 aliphatic carbocycles. The van der Waals surface area contributed by atoms with Gasteiger partial charge in [-0.15, -0.1) is 0 Å². The van der Waals surface area contributed by atoms with E-state index in [1.165, 1.54) is 0 Å². The second-order valence-electron chi connectivity index (χ2n) is 8.01. The molecule has 3 aromatic rings. The van der Waals surface area contributed by atoms with E-state index < -0.39 is 17.8 Å². The summed E-state index contributed by atoms with van der Waals surface area (Å²) >= 11 is 0. The molecule has 0 aliphatic heterocycles. The van der Waals surface area contributed by atoms with Crippen molar-refractivity contribution in [2.75, 3.05) is 5.32 Å². The van der Waals surface area contributed by atoms with E-state index in [4.69, 9.17) is 0 Å². The van der Waals surface area contributed by atoms with Crippen LogP contribution in [0.15, 0.2) is 97.1 Å². The van der Waals surface area contributed by atoms with Crippen molar-refractivity contribution in [3.63, 3.8) is 0 Å². The fourth-order valence-corrected chi connectivity index (χ4v) is 4.49. The molecule has 156 valence electrons. The van der Waals surface area contributed by atoms with Crippen molar-refractivity contribution < 1.29 is 14.7 Å². The van der Waals surface area contributed by atoms with Gasteiger partial charge in [-0.25, -0.2) is 0 Å². The van der Waals surface area contributed by atoms with Gasteiger partial charge < -0.3 is 10.4 Å². The minimum absolute atomic E-state index is 0.280. The molecule has 0 fully saturated rings. The van der Waals surface area contributed by atoms with Gasteiger partial charge in [-0.1, -0.05) is 84.9 Å². The Morgan fingerprint density at radius 1 is 0.742 bits per heavy atom. The average Bonchev–Trinajstić information content (AvgIpc) is 2.79. The topological polar surface area (TPSA) is 66.4 Å². The summed E-state index contributed by atoms with van der Waals surface area (Å²) in [4.78, 5) is 26.1. The molecule has 2 N–H and O–H groups in total. The molecule has 1 aliphatic rings. The predicted octanol–water partition coefficient (Wildman–Crippen LogP) is 5.39. The van der Waals surface area contributed by atoms with Gasteiger partial charge in [0.15, 0.2) is 0 Å². The summed E-state index contributed by atoms with van der Waals surface area (Å²) in [5.41, 5.74) is 3.52. The van der Waals surface area contributed by atoms with Crippen LogP contribution in [0.4, 0.5) is 5.69 Å². The first-order valence-electron chi connectivity index (χ1n) is 10.4. The fraction of sp³-hybridized carbons (Fsp3) is 0.185. The first-order valence-corrected chi connectivity index (χ1v) is 10.4. The summed E-state index contributed by atoms with van der Waals surface area (Å²) in [5.74, 6) is -3.60. The molecule has 1 amide bonds. The third-order valence-electron chi connectivity index (χ3n) is 5.93. The van der Waals surface area contributed by atoms with Gasteiger partial charge >= 0.3 is 5.97 Å². The number of nitrogens with one attached hydrogen (secondary N) is 1. The zero-order valence-corrected chi connectivity index (χ0v) is 17.3. The normalized spacial score (nSPS) is 22.6. The highest BCUT2D eigenvalue weighted by atomic mass is 16.4. The maximum atomic E-state index is 13.5. The zero-order valence-electron chi connectivity index (χ0n) is 17.3. The second-order valence-corrected chi connectivity index (χ2v) is 8.01. The molecular weight excluding hydrogens is 386 g/mol. The third-order valence-corrected chi connectivity index (χ3v) is 5.93. The van der Waals surface area contributed by atoms with Crippen LogP contribution in [0.2, 0.25) is 0 Å². The molecule has 0 radical (unpaired) electrons. The molecule has 3 aromatic carbocycles. The molecular formula is C27H25NO3. The fourth-order valence-electron chi connectivity index (χ4n) is 4.49. The van der Waals surface area contributed by atoms with Gasteiger partial charge in [0.25, 0.3) is 0 Å². The van der Waals surface area contributed by atoms with Crippen molar-refractivity contribution in [2.45, 2.75) is 18.8 Å². The molecule has 4 heteroatoms. The summed E-state index contributed by atoms with van der Waals surface area (Å²) < 4.78 is 0. The van der Waals surface area contributed by atoms with Crippen LogP contribution in [0.3, 0.4) is 0 Å². The van der Waals surface area contributed by atoms with Gasteiger partial charge in [0.2, 0.25) is 5.91 Å². The zero-order chi connectivity index (χ0) is 21.8. The Hall–Kier alpha value is -3.66. The minimum Gasteiger partial charge on any atom is -0.481 e. The van der Waals surface area contributed by atoms with Gasteiger partial charge in [-0.05, 0) is 35.7 Å². The maximum absolute atomic E-state index is 13.5. The number of benzene rings is 3. The molecule has 4 unspecified atom stereocenters. The van der Waals surface area contributed by atoms with E-state index in [1.54, 1.807) is 0 Å². The molecule has 0 bridgehead atoms. The van der Waals surface area contributed by atoms with Crippen LogP contribution in [0.1, 0.15) is 28.5 Å². The summed E-state index contributed by atoms with van der Waals surface area (Å²) in [6.45, 7) is 1.96. The summed E-state index contributed by atoms with van der Waals surface area (Å²) in [7, 11) is 0. The average molecular weight is 412 g/mol. The van der Waals surface area contributed by atoms with E-state index >= 15 is 0 Å². The lowest BCUT2D eigenvalue weighted by molar-refractivity contribution is -0.147. The van der Waals surface area contributed by atoms with Crippen LogP contribution >= 0.6 is 0 Å². The van der Waals surface area contributed by atoms with E-state index in [9.17, 15) is 14.7 Å². The van der Waals surface area contributed by atoms with Gasteiger partial charge in [0.1, 0.15) is 0 Å². The van der Waals surface area contributed by atoms with Crippen molar-refractivity contribution >= 4 is 17.6 Å². The number of carboxylic acids is 1. The van der Waals surface area contributed by atoms with E-state index in [-0.39, 0.29) is 17.7 Å². The van der Waals surface area contributed by atoms with E-state index in [1.807, 2.05) is 104 Å². The lowest BCUT2D eigenvalue weighted by Gasteiger charge is -2.37. The van der Waals surface area contributed by atoms with Gasteiger partial charge in [-0.2, -0.15) is 0 Å². The number of aliphatic carboxylic acids is 1. The van der Waals surface area contributed by atoms with Crippen molar-refractivity contribution in [1.82, 2.24) is 0 Å². The van der Waals surface area contributed by atoms with Crippen LogP contribution in [0, 0.1) is 18.8 Å². The minimum atomic E-state index is -0.969.